The number of aromatic nitrogens is 2. The number of nitrogens with one attached hydrogen (secondary N) is 1. The van der Waals surface area contributed by atoms with Gasteiger partial charge in [0.2, 0.25) is 0 Å². The molecule has 1 aromatic rings. The highest BCUT2D eigenvalue weighted by Gasteiger charge is 2.22. The molecule has 5 nitrogen and oxygen atoms in total. The van der Waals surface area contributed by atoms with Crippen molar-refractivity contribution in [3.63, 3.8) is 0 Å². The van der Waals surface area contributed by atoms with Gasteiger partial charge in [0.25, 0.3) is 0 Å². The molecule has 0 aliphatic rings. The lowest BCUT2D eigenvalue weighted by Crippen LogP contribution is -2.43. The summed E-state index contributed by atoms with van der Waals surface area (Å²) in [4.78, 5) is 10.9. The molecule has 120 valence electrons. The second-order valence-corrected chi connectivity index (χ2v) is 6.78. The summed E-state index contributed by atoms with van der Waals surface area (Å²) in [7, 11) is 4.08. The van der Waals surface area contributed by atoms with E-state index in [2.05, 4.69) is 47.9 Å². The molecule has 1 N–H and O–H groups in total. The van der Waals surface area contributed by atoms with Crippen molar-refractivity contribution in [1.29, 1.82) is 0 Å². The number of nitrogens with zero attached hydrogens (tertiary/aromatic N) is 3. The van der Waals surface area contributed by atoms with Crippen molar-refractivity contribution in [1.82, 2.24) is 20.2 Å². The topological polar surface area (TPSA) is 50.3 Å². The summed E-state index contributed by atoms with van der Waals surface area (Å²) in [6.07, 6.45) is 1.85. The first-order valence-electron chi connectivity index (χ1n) is 7.56. The van der Waals surface area contributed by atoms with Crippen molar-refractivity contribution in [3.8, 4) is 6.01 Å². The van der Waals surface area contributed by atoms with Crippen LogP contribution in [0.15, 0.2) is 6.20 Å². The van der Waals surface area contributed by atoms with E-state index in [-0.39, 0.29) is 5.54 Å². The van der Waals surface area contributed by atoms with Crippen LogP contribution in [-0.4, -0.2) is 47.7 Å². The maximum atomic E-state index is 5.73. The summed E-state index contributed by atoms with van der Waals surface area (Å²) in [5.41, 5.74) is 2.04. The van der Waals surface area contributed by atoms with Gasteiger partial charge in [0.15, 0.2) is 0 Å². The van der Waals surface area contributed by atoms with Crippen LogP contribution in [-0.2, 0) is 6.54 Å². The van der Waals surface area contributed by atoms with Crippen molar-refractivity contribution < 1.29 is 4.74 Å². The number of ether oxygens (including phenoxy) is 1. The van der Waals surface area contributed by atoms with Crippen LogP contribution in [0.2, 0.25) is 0 Å². The summed E-state index contributed by atoms with van der Waals surface area (Å²) in [6, 6.07) is 0.454. The Kier molecular flexibility index (Phi) is 6.55. The van der Waals surface area contributed by atoms with E-state index in [0.29, 0.717) is 18.5 Å². The average molecular weight is 294 g/mol. The number of rotatable bonds is 8. The molecule has 0 saturated carbocycles. The number of likely N-dealkylation sites (N-methyl/N-ethyl adjacent to an activating group) is 1. The second-order valence-electron chi connectivity index (χ2n) is 6.78. The summed E-state index contributed by atoms with van der Waals surface area (Å²) < 4.78 is 5.73. The third kappa shape index (κ3) is 5.98. The van der Waals surface area contributed by atoms with E-state index < -0.39 is 0 Å². The minimum atomic E-state index is -0.0469. The van der Waals surface area contributed by atoms with Crippen LogP contribution in [0.4, 0.5) is 0 Å². The highest BCUT2D eigenvalue weighted by molar-refractivity contribution is 5.17. The molecule has 21 heavy (non-hydrogen) atoms. The molecular formula is C16H30N4O. The lowest BCUT2D eigenvalue weighted by atomic mass is 10.1. The molecule has 0 bridgehead atoms. The van der Waals surface area contributed by atoms with Crippen molar-refractivity contribution in [3.05, 3.63) is 17.5 Å². The number of hydrogen-bond acceptors (Lipinski definition) is 5. The largest absolute Gasteiger partial charge is 0.462 e. The Bertz CT molecular complexity index is 444. The molecule has 0 saturated heterocycles. The molecule has 5 heteroatoms. The zero-order valence-corrected chi connectivity index (χ0v) is 14.5. The normalized spacial score (nSPS) is 12.2. The van der Waals surface area contributed by atoms with Crippen LogP contribution in [0.5, 0.6) is 6.01 Å². The fraction of sp³-hybridized carbons (Fsp3) is 0.750. The van der Waals surface area contributed by atoms with E-state index in [0.717, 1.165) is 24.3 Å². The van der Waals surface area contributed by atoms with Gasteiger partial charge in [-0.05, 0) is 47.3 Å². The van der Waals surface area contributed by atoms with Gasteiger partial charge in [0, 0.05) is 29.5 Å². The van der Waals surface area contributed by atoms with Gasteiger partial charge in [0.1, 0.15) is 6.61 Å². The van der Waals surface area contributed by atoms with E-state index in [4.69, 9.17) is 4.74 Å². The van der Waals surface area contributed by atoms with Crippen LogP contribution in [0.1, 0.15) is 39.0 Å². The van der Waals surface area contributed by atoms with Crippen molar-refractivity contribution in [2.45, 2.75) is 46.7 Å². The van der Waals surface area contributed by atoms with Gasteiger partial charge < -0.3 is 15.0 Å². The number of aryl methyl sites for hydroxylation is 1. The Labute approximate surface area is 129 Å². The van der Waals surface area contributed by atoms with E-state index in [1.807, 2.05) is 27.2 Å². The highest BCUT2D eigenvalue weighted by Crippen LogP contribution is 2.14. The highest BCUT2D eigenvalue weighted by atomic mass is 16.5. The maximum absolute atomic E-state index is 5.73. The first-order chi connectivity index (χ1) is 9.72. The molecular weight excluding hydrogens is 264 g/mol. The molecule has 0 atom stereocenters. The van der Waals surface area contributed by atoms with Gasteiger partial charge in [-0.1, -0.05) is 13.8 Å². The van der Waals surface area contributed by atoms with Crippen molar-refractivity contribution >= 4 is 0 Å². The molecule has 1 aromatic heterocycles. The van der Waals surface area contributed by atoms with E-state index in [9.17, 15) is 0 Å². The van der Waals surface area contributed by atoms with Crippen LogP contribution in [0, 0.1) is 12.8 Å². The minimum Gasteiger partial charge on any atom is -0.462 e. The molecule has 0 amide bonds. The van der Waals surface area contributed by atoms with Crippen LogP contribution in [0.25, 0.3) is 0 Å². The Morgan fingerprint density at radius 2 is 2.00 bits per heavy atom. The first-order valence-corrected chi connectivity index (χ1v) is 7.56. The van der Waals surface area contributed by atoms with Gasteiger partial charge >= 0.3 is 6.01 Å². The fourth-order valence-corrected chi connectivity index (χ4v) is 1.58. The van der Waals surface area contributed by atoms with Gasteiger partial charge in [-0.2, -0.15) is 0 Å². The molecule has 1 rings (SSSR count). The molecule has 0 aliphatic carbocycles. The van der Waals surface area contributed by atoms with Crippen LogP contribution < -0.4 is 10.1 Å². The predicted molar refractivity (Wildman–Crippen MR) is 86.6 cm³/mol. The van der Waals surface area contributed by atoms with Gasteiger partial charge in [-0.15, -0.1) is 0 Å². The predicted octanol–water partition coefficient (Wildman–Crippen LogP) is 2.25. The fourth-order valence-electron chi connectivity index (χ4n) is 1.58. The Hall–Kier alpha value is -1.20. The van der Waals surface area contributed by atoms with Gasteiger partial charge in [0.05, 0.1) is 0 Å². The third-order valence-corrected chi connectivity index (χ3v) is 3.69. The smallest absolute Gasteiger partial charge is 0.316 e. The second kappa shape index (κ2) is 7.71. The lowest BCUT2D eigenvalue weighted by molar-refractivity contribution is 0.107. The average Bonchev–Trinajstić information content (AvgIpc) is 2.38. The Balaban J connectivity index is 2.57. The summed E-state index contributed by atoms with van der Waals surface area (Å²) in [5, 5.41) is 3.41. The molecule has 0 unspecified atom stereocenters. The molecule has 0 aromatic carbocycles. The van der Waals surface area contributed by atoms with Gasteiger partial charge in [-0.3, -0.25) is 0 Å². The molecule has 0 aliphatic heterocycles. The quantitative estimate of drug-likeness (QED) is 0.797. The summed E-state index contributed by atoms with van der Waals surface area (Å²) in [5.74, 6) is 0.641. The van der Waals surface area contributed by atoms with Gasteiger partial charge in [-0.25, -0.2) is 9.97 Å². The molecule has 0 fully saturated rings. The lowest BCUT2D eigenvalue weighted by Gasteiger charge is -2.31. The summed E-state index contributed by atoms with van der Waals surface area (Å²) in [6.45, 7) is 13.0. The van der Waals surface area contributed by atoms with E-state index in [1.54, 1.807) is 0 Å². The molecule has 1 heterocycles. The monoisotopic (exact) mass is 294 g/mol. The summed E-state index contributed by atoms with van der Waals surface area (Å²) >= 11 is 0. The standard InChI is InChI=1S/C16H30N4O/c1-12(2)8-17-9-14-10-18-15(19-13(14)3)21-11-16(4,5)20(6)7/h10,12,17H,8-9,11H2,1-7H3. The van der Waals surface area contributed by atoms with Crippen LogP contribution >= 0.6 is 0 Å². The Morgan fingerprint density at radius 1 is 1.33 bits per heavy atom. The van der Waals surface area contributed by atoms with Crippen LogP contribution in [0.3, 0.4) is 0 Å². The van der Waals surface area contributed by atoms with E-state index in [1.165, 1.54) is 0 Å². The molecule has 0 radical (unpaired) electrons. The minimum absolute atomic E-state index is 0.0469. The maximum Gasteiger partial charge on any atom is 0.316 e. The van der Waals surface area contributed by atoms with Crippen molar-refractivity contribution in [2.75, 3.05) is 27.2 Å². The number of hydrogen-bond donors (Lipinski definition) is 1. The first kappa shape index (κ1) is 17.9. The third-order valence-electron chi connectivity index (χ3n) is 3.69. The SMILES string of the molecule is Cc1nc(OCC(C)(C)N(C)C)ncc1CNCC(C)C. The Morgan fingerprint density at radius 3 is 2.52 bits per heavy atom. The zero-order valence-electron chi connectivity index (χ0n) is 14.5. The zero-order chi connectivity index (χ0) is 16.0. The van der Waals surface area contributed by atoms with E-state index >= 15 is 0 Å². The molecule has 0 spiro atoms. The van der Waals surface area contributed by atoms with Crippen molar-refractivity contribution in [2.24, 2.45) is 5.92 Å².